The van der Waals surface area contributed by atoms with Gasteiger partial charge in [0, 0.05) is 6.61 Å². The van der Waals surface area contributed by atoms with Gasteiger partial charge in [-0.05, 0) is 49.3 Å². The number of unbranched alkanes of at least 4 members (excludes halogenated alkanes) is 1. The predicted octanol–water partition coefficient (Wildman–Crippen LogP) is 3.63. The lowest BCUT2D eigenvalue weighted by molar-refractivity contribution is -0.208. The molecule has 0 amide bonds. The summed E-state index contributed by atoms with van der Waals surface area (Å²) in [6.07, 6.45) is 3.37. The van der Waals surface area contributed by atoms with E-state index in [0.29, 0.717) is 25.2 Å². The normalized spacial score (nSPS) is 24.3. The van der Waals surface area contributed by atoms with Crippen LogP contribution in [0.25, 0.3) is 0 Å². The Morgan fingerprint density at radius 1 is 1.25 bits per heavy atom. The molecule has 0 radical (unpaired) electrons. The third kappa shape index (κ3) is 5.26. The highest BCUT2D eigenvalue weighted by atomic mass is 16.6. The van der Waals surface area contributed by atoms with E-state index in [1.165, 1.54) is 0 Å². The van der Waals surface area contributed by atoms with Crippen LogP contribution >= 0.6 is 0 Å². The SMILES string of the molecule is CC(C)C1OC(C)(O)C(CCCCOCc2ccccc2)=CC1=O. The third-order valence-electron chi connectivity index (χ3n) is 4.25. The smallest absolute Gasteiger partial charge is 0.186 e. The molecule has 0 aromatic heterocycles. The van der Waals surface area contributed by atoms with Crippen molar-refractivity contribution in [1.29, 1.82) is 0 Å². The second kappa shape index (κ2) is 8.56. The molecule has 0 fully saturated rings. The fraction of sp³-hybridized carbons (Fsp3) is 0.550. The van der Waals surface area contributed by atoms with E-state index in [4.69, 9.17) is 9.47 Å². The van der Waals surface area contributed by atoms with Crippen LogP contribution in [0, 0.1) is 5.92 Å². The van der Waals surface area contributed by atoms with Gasteiger partial charge in [-0.2, -0.15) is 0 Å². The molecule has 0 bridgehead atoms. The summed E-state index contributed by atoms with van der Waals surface area (Å²) < 4.78 is 11.3. The van der Waals surface area contributed by atoms with Crippen molar-refractivity contribution in [2.45, 2.75) is 58.5 Å². The third-order valence-corrected chi connectivity index (χ3v) is 4.25. The molecule has 1 N–H and O–H groups in total. The predicted molar refractivity (Wildman–Crippen MR) is 93.4 cm³/mol. The van der Waals surface area contributed by atoms with Crippen molar-refractivity contribution >= 4 is 5.78 Å². The van der Waals surface area contributed by atoms with Crippen LogP contribution in [0.15, 0.2) is 42.0 Å². The summed E-state index contributed by atoms with van der Waals surface area (Å²) in [6.45, 7) is 6.72. The number of hydrogen-bond acceptors (Lipinski definition) is 4. The maximum Gasteiger partial charge on any atom is 0.186 e. The molecule has 24 heavy (non-hydrogen) atoms. The Bertz CT molecular complexity index is 560. The molecular formula is C20H28O4. The average molecular weight is 332 g/mol. The van der Waals surface area contributed by atoms with Gasteiger partial charge in [0.05, 0.1) is 6.61 Å². The molecule has 2 rings (SSSR count). The summed E-state index contributed by atoms with van der Waals surface area (Å²) >= 11 is 0. The molecule has 4 nitrogen and oxygen atoms in total. The number of rotatable bonds is 8. The molecule has 132 valence electrons. The van der Waals surface area contributed by atoms with Gasteiger partial charge in [-0.25, -0.2) is 0 Å². The summed E-state index contributed by atoms with van der Waals surface area (Å²) in [5, 5.41) is 10.4. The summed E-state index contributed by atoms with van der Waals surface area (Å²) in [7, 11) is 0. The first-order valence-corrected chi connectivity index (χ1v) is 8.67. The second-order valence-electron chi connectivity index (χ2n) is 6.83. The molecule has 1 heterocycles. The standard InChI is InChI=1S/C20H28O4/c1-15(2)19-18(21)13-17(20(3,22)24-19)11-7-8-12-23-14-16-9-5-4-6-10-16/h4-6,9-10,13,15,19,22H,7-8,11-12,14H2,1-3H3. The Balaban J connectivity index is 1.73. The van der Waals surface area contributed by atoms with Crippen LogP contribution < -0.4 is 0 Å². The van der Waals surface area contributed by atoms with Crippen molar-refractivity contribution in [2.24, 2.45) is 5.92 Å². The summed E-state index contributed by atoms with van der Waals surface area (Å²) in [4.78, 5) is 12.1. The Labute approximate surface area is 144 Å². The highest BCUT2D eigenvalue weighted by Gasteiger charge is 2.38. The number of ether oxygens (including phenoxy) is 2. The van der Waals surface area contributed by atoms with Crippen LogP contribution in [0.1, 0.15) is 45.6 Å². The minimum absolute atomic E-state index is 0.0492. The molecule has 4 heteroatoms. The first-order valence-electron chi connectivity index (χ1n) is 8.67. The molecule has 0 aliphatic carbocycles. The molecule has 0 spiro atoms. The Morgan fingerprint density at radius 3 is 2.62 bits per heavy atom. The van der Waals surface area contributed by atoms with E-state index in [1.807, 2.05) is 44.2 Å². The van der Waals surface area contributed by atoms with Gasteiger partial charge in [0.25, 0.3) is 0 Å². The van der Waals surface area contributed by atoms with Gasteiger partial charge in [0.2, 0.25) is 0 Å². The average Bonchev–Trinajstić information content (AvgIpc) is 2.54. The fourth-order valence-electron chi connectivity index (χ4n) is 2.82. The van der Waals surface area contributed by atoms with Gasteiger partial charge in [-0.15, -0.1) is 0 Å². The number of benzene rings is 1. The fourth-order valence-corrected chi connectivity index (χ4v) is 2.82. The van der Waals surface area contributed by atoms with E-state index in [2.05, 4.69) is 0 Å². The van der Waals surface area contributed by atoms with Crippen LogP contribution in [0.5, 0.6) is 0 Å². The zero-order chi connectivity index (χ0) is 17.6. The van der Waals surface area contributed by atoms with Gasteiger partial charge in [-0.3, -0.25) is 4.79 Å². The number of aliphatic hydroxyl groups is 1. The minimum Gasteiger partial charge on any atom is -0.377 e. The van der Waals surface area contributed by atoms with Crippen LogP contribution in [0.4, 0.5) is 0 Å². The Hall–Kier alpha value is -1.49. The molecule has 2 atom stereocenters. The molecule has 0 saturated heterocycles. The van der Waals surface area contributed by atoms with Crippen LogP contribution in [0.2, 0.25) is 0 Å². The molecule has 1 aromatic carbocycles. The first kappa shape index (κ1) is 18.8. The Kier molecular flexibility index (Phi) is 6.72. The van der Waals surface area contributed by atoms with Crippen LogP contribution in [0.3, 0.4) is 0 Å². The highest BCUT2D eigenvalue weighted by Crippen LogP contribution is 2.31. The topological polar surface area (TPSA) is 55.8 Å². The van der Waals surface area contributed by atoms with Gasteiger partial charge in [0.15, 0.2) is 11.6 Å². The van der Waals surface area contributed by atoms with E-state index in [0.717, 1.165) is 18.4 Å². The van der Waals surface area contributed by atoms with E-state index in [1.54, 1.807) is 13.0 Å². The number of hydrogen-bond donors (Lipinski definition) is 1. The zero-order valence-corrected chi connectivity index (χ0v) is 14.8. The monoisotopic (exact) mass is 332 g/mol. The number of carbonyl (C=O) groups excluding carboxylic acids is 1. The quantitative estimate of drug-likeness (QED) is 0.739. The van der Waals surface area contributed by atoms with Crippen molar-refractivity contribution in [2.75, 3.05) is 6.61 Å². The van der Waals surface area contributed by atoms with Crippen molar-refractivity contribution in [3.05, 3.63) is 47.5 Å². The van der Waals surface area contributed by atoms with Crippen LogP contribution in [-0.4, -0.2) is 29.4 Å². The highest BCUT2D eigenvalue weighted by molar-refractivity contribution is 5.95. The maximum atomic E-state index is 12.1. The lowest BCUT2D eigenvalue weighted by Crippen LogP contribution is -2.45. The second-order valence-corrected chi connectivity index (χ2v) is 6.83. The lowest BCUT2D eigenvalue weighted by atomic mass is 9.91. The molecule has 0 saturated carbocycles. The van der Waals surface area contributed by atoms with E-state index in [-0.39, 0.29) is 11.7 Å². The first-order chi connectivity index (χ1) is 11.4. The van der Waals surface area contributed by atoms with Crippen molar-refractivity contribution in [3.8, 4) is 0 Å². The van der Waals surface area contributed by atoms with Crippen LogP contribution in [-0.2, 0) is 20.9 Å². The zero-order valence-electron chi connectivity index (χ0n) is 14.8. The van der Waals surface area contributed by atoms with Gasteiger partial charge in [-0.1, -0.05) is 44.2 Å². The van der Waals surface area contributed by atoms with Gasteiger partial charge in [0.1, 0.15) is 6.10 Å². The summed E-state index contributed by atoms with van der Waals surface area (Å²) in [5.41, 5.74) is 1.82. The minimum atomic E-state index is -1.35. The van der Waals surface area contributed by atoms with E-state index < -0.39 is 11.9 Å². The van der Waals surface area contributed by atoms with Crippen molar-refractivity contribution in [3.63, 3.8) is 0 Å². The molecule has 1 aliphatic heterocycles. The van der Waals surface area contributed by atoms with Gasteiger partial charge >= 0.3 is 0 Å². The number of ketones is 1. The van der Waals surface area contributed by atoms with Crippen molar-refractivity contribution < 1.29 is 19.4 Å². The summed E-state index contributed by atoms with van der Waals surface area (Å²) in [6, 6.07) is 10.1. The Morgan fingerprint density at radius 2 is 1.96 bits per heavy atom. The number of carbonyl (C=O) groups is 1. The lowest BCUT2D eigenvalue weighted by Gasteiger charge is -2.36. The molecule has 2 unspecified atom stereocenters. The van der Waals surface area contributed by atoms with E-state index in [9.17, 15) is 9.90 Å². The largest absolute Gasteiger partial charge is 0.377 e. The molecule has 1 aromatic rings. The molecule has 1 aliphatic rings. The maximum absolute atomic E-state index is 12.1. The van der Waals surface area contributed by atoms with Crippen molar-refractivity contribution in [1.82, 2.24) is 0 Å². The van der Waals surface area contributed by atoms with Gasteiger partial charge < -0.3 is 14.6 Å². The summed E-state index contributed by atoms with van der Waals surface area (Å²) in [5.74, 6) is -1.35. The molecular weight excluding hydrogens is 304 g/mol. The van der Waals surface area contributed by atoms with E-state index >= 15 is 0 Å².